The van der Waals surface area contributed by atoms with Gasteiger partial charge in [0.15, 0.2) is 42.8 Å². The summed E-state index contributed by atoms with van der Waals surface area (Å²) < 4.78 is 78.5. The van der Waals surface area contributed by atoms with E-state index in [4.69, 9.17) is 61.6 Å². The van der Waals surface area contributed by atoms with E-state index in [1.165, 1.54) is 54.0 Å². The van der Waals surface area contributed by atoms with Gasteiger partial charge < -0.3 is 108 Å². The van der Waals surface area contributed by atoms with E-state index in [0.29, 0.717) is 0 Å². The quantitative estimate of drug-likeness (QED) is 0.0997. The lowest BCUT2D eigenvalue weighted by molar-refractivity contribution is -0.334. The van der Waals surface area contributed by atoms with Crippen LogP contribution in [0.3, 0.4) is 0 Å². The minimum Gasteiger partial charge on any atom is -0.507 e. The minimum atomic E-state index is -1.95. The molecule has 5 aliphatic heterocycles. The first-order chi connectivity index (χ1) is 37.6. The molecule has 25 atom stereocenters. The van der Waals surface area contributed by atoms with Crippen molar-refractivity contribution in [3.05, 3.63) is 28.8 Å². The number of aromatic hydroxyl groups is 2. The third-order valence-electron chi connectivity index (χ3n) is 16.4. The number of benzene rings is 2. The number of aliphatic hydroxyl groups is 7. The van der Waals surface area contributed by atoms with E-state index in [9.17, 15) is 55.5 Å². The molecule has 25 heteroatoms. The van der Waals surface area contributed by atoms with E-state index in [1.54, 1.807) is 34.6 Å². The summed E-state index contributed by atoms with van der Waals surface area (Å²) in [6, 6.07) is 3.05. The maximum absolute atomic E-state index is 15.1. The van der Waals surface area contributed by atoms with Gasteiger partial charge in [0.25, 0.3) is 0 Å². The molecule has 0 radical (unpaired) electrons. The lowest BCUT2D eigenvalue weighted by atomic mass is 9.75. The summed E-state index contributed by atoms with van der Waals surface area (Å²) >= 11 is 0. The van der Waals surface area contributed by atoms with Crippen LogP contribution in [0.25, 0.3) is 10.8 Å². The maximum Gasteiger partial charge on any atom is 0.303 e. The Morgan fingerprint density at radius 3 is 1.82 bits per heavy atom. The van der Waals surface area contributed by atoms with Crippen LogP contribution in [0.15, 0.2) is 12.1 Å². The van der Waals surface area contributed by atoms with Gasteiger partial charge in [0.2, 0.25) is 6.29 Å². The standard InChI is InChI=1S/C55H80O25/c1-20-32(76-38-18-35(51(25(6)73-38)75-27(8)57)79-36-15-31(58)50(68-10)24(5)72-36)14-29-12-28-13-30(52(69-11)49(65)44(60)21(2)56)53(48(64)42(28)47(63)41(29)43(20)59)80-39-17-33(45(61)23(4)71-39)77-37-16-34(46(62)22(3)70-37)78-40-19-55(9,67)54(66)26(7)74-40/h12,14,21-26,30-31,33-40,44-46,50-54,56,58-63,66-67H,13,15-19H2,1-11H3/t21-,22?,23?,24?,25?,26?,30+,31?,33?,34?,35?,36?,37?,38?,39?,40?,44+,45?,46?,50?,51?,52+,53+,54?,55?/m1/s1. The zero-order valence-electron chi connectivity index (χ0n) is 46.8. The number of phenolic OH excluding ortho intramolecular Hbond substituents is 2. The number of hydrogen-bond acceptors (Lipinski definition) is 25. The van der Waals surface area contributed by atoms with Crippen molar-refractivity contribution in [2.75, 3.05) is 14.2 Å². The molecule has 20 unspecified atom stereocenters. The summed E-state index contributed by atoms with van der Waals surface area (Å²) in [5, 5.41) is 99.9. The third-order valence-corrected chi connectivity index (χ3v) is 16.4. The fourth-order valence-electron chi connectivity index (χ4n) is 12.0. The highest BCUT2D eigenvalue weighted by Gasteiger charge is 2.52. The number of hydrogen-bond donors (Lipinski definition) is 9. The number of carbonyl (C=O) groups excluding carboxylic acids is 3. The molecule has 0 aromatic heterocycles. The molecule has 5 fully saturated rings. The summed E-state index contributed by atoms with van der Waals surface area (Å²) in [6.07, 6.45) is -25.7. The molecule has 2 aromatic carbocycles. The number of ketones is 2. The number of phenols is 2. The van der Waals surface area contributed by atoms with Gasteiger partial charge in [0, 0.05) is 64.7 Å². The fourth-order valence-corrected chi connectivity index (χ4v) is 12.0. The van der Waals surface area contributed by atoms with E-state index < -0.39 is 182 Å². The Labute approximate surface area is 463 Å². The first-order valence-corrected chi connectivity index (χ1v) is 27.3. The molecule has 0 bridgehead atoms. The van der Waals surface area contributed by atoms with Crippen LogP contribution in [-0.2, 0) is 72.9 Å². The molecule has 8 rings (SSSR count). The summed E-state index contributed by atoms with van der Waals surface area (Å²) in [5.41, 5.74) is -1.48. The number of ether oxygens (including phenoxy) is 13. The predicted molar refractivity (Wildman–Crippen MR) is 273 cm³/mol. The van der Waals surface area contributed by atoms with E-state index in [0.717, 1.165) is 0 Å². The predicted octanol–water partition coefficient (Wildman–Crippen LogP) is 0.976. The van der Waals surface area contributed by atoms with E-state index >= 15 is 4.79 Å². The highest BCUT2D eigenvalue weighted by Crippen LogP contribution is 2.48. The lowest BCUT2D eigenvalue weighted by Crippen LogP contribution is -2.58. The number of carbonyl (C=O) groups is 3. The highest BCUT2D eigenvalue weighted by atomic mass is 16.7. The second-order valence-corrected chi connectivity index (χ2v) is 22.5. The topological polar surface area (TPSA) is 353 Å². The van der Waals surface area contributed by atoms with Gasteiger partial charge in [-0.15, -0.1) is 0 Å². The van der Waals surface area contributed by atoms with Gasteiger partial charge in [-0.2, -0.15) is 0 Å². The third kappa shape index (κ3) is 12.9. The van der Waals surface area contributed by atoms with Crippen molar-refractivity contribution >= 4 is 28.3 Å². The van der Waals surface area contributed by atoms with Crippen molar-refractivity contribution in [1.82, 2.24) is 0 Å². The molecule has 5 saturated heterocycles. The molecular weight excluding hydrogens is 1060 g/mol. The van der Waals surface area contributed by atoms with Crippen molar-refractivity contribution in [2.24, 2.45) is 5.92 Å². The van der Waals surface area contributed by atoms with Crippen LogP contribution in [0.4, 0.5) is 0 Å². The fraction of sp³-hybridized carbons (Fsp3) is 0.764. The lowest BCUT2D eigenvalue weighted by Gasteiger charge is -2.46. The van der Waals surface area contributed by atoms with Crippen molar-refractivity contribution in [2.45, 2.75) is 248 Å². The highest BCUT2D eigenvalue weighted by molar-refractivity contribution is 6.11. The van der Waals surface area contributed by atoms with Crippen LogP contribution >= 0.6 is 0 Å². The average Bonchev–Trinajstić information content (AvgIpc) is 3.50. The number of methoxy groups -OCH3 is 2. The van der Waals surface area contributed by atoms with Crippen LogP contribution in [-0.4, -0.2) is 225 Å². The molecule has 25 nitrogen and oxygen atoms in total. The van der Waals surface area contributed by atoms with Gasteiger partial charge in [0.1, 0.15) is 66.1 Å². The van der Waals surface area contributed by atoms with E-state index in [1.807, 2.05) is 0 Å². The molecular formula is C55H80O25. The Hall–Kier alpha value is -3.81. The second kappa shape index (κ2) is 25.2. The number of esters is 1. The van der Waals surface area contributed by atoms with Gasteiger partial charge in [-0.1, -0.05) is 0 Å². The smallest absolute Gasteiger partial charge is 0.303 e. The van der Waals surface area contributed by atoms with E-state index in [2.05, 4.69) is 0 Å². The Morgan fingerprint density at radius 1 is 0.713 bits per heavy atom. The number of Topliss-reactive ketones (excluding diaryl/α,β-unsaturated/α-hetero) is 2. The van der Waals surface area contributed by atoms with Crippen LogP contribution < -0.4 is 4.74 Å². The summed E-state index contributed by atoms with van der Waals surface area (Å²) in [6.45, 7) is 13.6. The number of rotatable bonds is 17. The van der Waals surface area contributed by atoms with E-state index in [-0.39, 0.29) is 71.7 Å². The SMILES string of the molecule is COC1C(O)CC(OC2CC(Oc3cc4cc5c(c(O)c4c(O)c3C)C(=O)[C@@H](OC3CC(OC4CC(OC6CC(C)(O)C(O)C(C)O6)C(O)C(C)O4)C(O)C(C)O3)[C@H]([C@H](OC)C(=O)[C@@H](O)[C@@H](C)O)C5)OC(C)C2OC(C)=O)OC1C. The summed E-state index contributed by atoms with van der Waals surface area (Å²) in [5.74, 6) is -4.68. The molecule has 5 heterocycles. The Bertz CT molecular complexity index is 2500. The molecule has 1 aliphatic carbocycles. The zero-order chi connectivity index (χ0) is 58.6. The van der Waals surface area contributed by atoms with Gasteiger partial charge in [0.05, 0.1) is 71.5 Å². The molecule has 2 aromatic rings. The van der Waals surface area contributed by atoms with Gasteiger partial charge in [-0.25, -0.2) is 0 Å². The molecule has 80 heavy (non-hydrogen) atoms. The van der Waals surface area contributed by atoms with Crippen molar-refractivity contribution in [1.29, 1.82) is 0 Å². The van der Waals surface area contributed by atoms with Crippen molar-refractivity contribution in [3.63, 3.8) is 0 Å². The zero-order valence-corrected chi connectivity index (χ0v) is 46.8. The van der Waals surface area contributed by atoms with Gasteiger partial charge >= 0.3 is 5.97 Å². The Kier molecular flexibility index (Phi) is 19.6. The van der Waals surface area contributed by atoms with Gasteiger partial charge in [-0.3, -0.25) is 14.4 Å². The largest absolute Gasteiger partial charge is 0.507 e. The first kappa shape index (κ1) is 62.2. The molecule has 0 spiro atoms. The summed E-state index contributed by atoms with van der Waals surface area (Å²) in [4.78, 5) is 41.3. The van der Waals surface area contributed by atoms with Crippen LogP contribution in [0.5, 0.6) is 17.2 Å². The van der Waals surface area contributed by atoms with Crippen molar-refractivity contribution in [3.8, 4) is 17.2 Å². The average molecular weight is 1140 g/mol. The van der Waals surface area contributed by atoms with Gasteiger partial charge in [-0.05, 0) is 84.9 Å². The number of aliphatic hydroxyl groups excluding tert-OH is 6. The first-order valence-electron chi connectivity index (χ1n) is 27.3. The molecule has 0 saturated carbocycles. The summed E-state index contributed by atoms with van der Waals surface area (Å²) in [7, 11) is 2.65. The number of fused-ring (bicyclic) bond motifs is 2. The molecule has 0 amide bonds. The van der Waals surface area contributed by atoms with Crippen LogP contribution in [0.2, 0.25) is 0 Å². The molecule has 6 aliphatic rings. The normalized spacial score (nSPS) is 40.9. The van der Waals surface area contributed by atoms with Crippen molar-refractivity contribution < 1.29 is 122 Å². The minimum absolute atomic E-state index is 0.0207. The van der Waals surface area contributed by atoms with Crippen LogP contribution in [0.1, 0.15) is 109 Å². The monoisotopic (exact) mass is 1140 g/mol. The molecule has 450 valence electrons. The maximum atomic E-state index is 15.1. The second-order valence-electron chi connectivity index (χ2n) is 22.5. The Balaban J connectivity index is 1.05. The Morgan fingerprint density at radius 2 is 1.25 bits per heavy atom. The molecule has 9 N–H and O–H groups in total. The van der Waals surface area contributed by atoms with Crippen LogP contribution in [0, 0.1) is 12.8 Å².